The zero-order chi connectivity index (χ0) is 17.8. The van der Waals surface area contributed by atoms with Gasteiger partial charge in [0.05, 0.1) is 0 Å². The first-order valence-corrected chi connectivity index (χ1v) is 8.22. The fourth-order valence-electron chi connectivity index (χ4n) is 2.80. The number of nitrogens with zero attached hydrogens (tertiary/aromatic N) is 1. The normalized spacial score (nSPS) is 10.6. The summed E-state index contributed by atoms with van der Waals surface area (Å²) < 4.78 is 0. The van der Waals surface area contributed by atoms with Crippen molar-refractivity contribution in [1.29, 1.82) is 0 Å². The van der Waals surface area contributed by atoms with E-state index in [4.69, 9.17) is 0 Å². The highest BCUT2D eigenvalue weighted by Crippen LogP contribution is 2.28. The molecule has 1 aromatic heterocycles. The highest BCUT2D eigenvalue weighted by atomic mass is 16.2. The summed E-state index contributed by atoms with van der Waals surface area (Å²) in [6.07, 6.45) is 0.953. The van der Waals surface area contributed by atoms with Gasteiger partial charge in [-0.15, -0.1) is 0 Å². The molecular weight excluding hydrogens is 314 g/mol. The predicted octanol–water partition coefficient (Wildman–Crippen LogP) is 3.44. The zero-order valence-electron chi connectivity index (χ0n) is 14.4. The summed E-state index contributed by atoms with van der Waals surface area (Å²) in [5.41, 5.74) is 2.49. The Morgan fingerprint density at radius 3 is 2.40 bits per heavy atom. The van der Waals surface area contributed by atoms with Crippen LogP contribution >= 0.6 is 0 Å². The van der Waals surface area contributed by atoms with E-state index in [2.05, 4.69) is 10.3 Å². The molecule has 25 heavy (non-hydrogen) atoms. The Hall–Kier alpha value is -3.08. The summed E-state index contributed by atoms with van der Waals surface area (Å²) >= 11 is 0. The summed E-state index contributed by atoms with van der Waals surface area (Å²) in [6.45, 7) is 0. The van der Waals surface area contributed by atoms with E-state index in [1.807, 2.05) is 42.5 Å². The molecule has 3 aromatic rings. The number of hydrogen-bond donors (Lipinski definition) is 2. The minimum absolute atomic E-state index is 0.0608. The molecule has 0 saturated heterocycles. The van der Waals surface area contributed by atoms with E-state index < -0.39 is 0 Å². The number of aromatic nitrogens is 1. The number of anilines is 1. The number of amides is 2. The summed E-state index contributed by atoms with van der Waals surface area (Å²) in [5.74, 6) is 0.541. The molecule has 0 spiro atoms. The van der Waals surface area contributed by atoms with Crippen LogP contribution < -0.4 is 5.32 Å². The average Bonchev–Trinajstić information content (AvgIpc) is 2.97. The van der Waals surface area contributed by atoms with Crippen molar-refractivity contribution < 1.29 is 9.59 Å². The van der Waals surface area contributed by atoms with Crippen LogP contribution in [0.25, 0.3) is 10.9 Å². The van der Waals surface area contributed by atoms with Crippen molar-refractivity contribution in [2.75, 3.05) is 19.4 Å². The van der Waals surface area contributed by atoms with E-state index in [1.54, 1.807) is 31.1 Å². The Labute approximate surface area is 146 Å². The fraction of sp³-hybridized carbons (Fsp3) is 0.200. The monoisotopic (exact) mass is 335 g/mol. The number of aryl methyl sites for hydroxylation is 1. The molecule has 3 rings (SSSR count). The first kappa shape index (κ1) is 16.8. The molecule has 2 N–H and O–H groups in total. The molecule has 2 aromatic carbocycles. The quantitative estimate of drug-likeness (QED) is 0.750. The van der Waals surface area contributed by atoms with Crippen molar-refractivity contribution in [3.63, 3.8) is 0 Å². The second-order valence-corrected chi connectivity index (χ2v) is 6.13. The van der Waals surface area contributed by atoms with Gasteiger partial charge in [-0.1, -0.05) is 36.4 Å². The third-order valence-electron chi connectivity index (χ3n) is 4.18. The van der Waals surface area contributed by atoms with Crippen LogP contribution in [0.1, 0.15) is 22.3 Å². The summed E-state index contributed by atoms with van der Waals surface area (Å²) in [4.78, 5) is 29.3. The van der Waals surface area contributed by atoms with Gasteiger partial charge in [0.15, 0.2) is 0 Å². The first-order valence-electron chi connectivity index (χ1n) is 8.22. The molecule has 128 valence electrons. The maximum Gasteiger partial charge on any atom is 0.256 e. The minimum Gasteiger partial charge on any atom is -0.349 e. The number of H-pyrrole nitrogens is 1. The van der Waals surface area contributed by atoms with Gasteiger partial charge in [0.1, 0.15) is 5.82 Å². The number of hydrogen-bond acceptors (Lipinski definition) is 2. The van der Waals surface area contributed by atoms with Crippen molar-refractivity contribution in [3.05, 3.63) is 65.7 Å². The fourth-order valence-corrected chi connectivity index (χ4v) is 2.80. The summed E-state index contributed by atoms with van der Waals surface area (Å²) in [5, 5.41) is 3.98. The summed E-state index contributed by atoms with van der Waals surface area (Å²) in [6, 6.07) is 16.9. The van der Waals surface area contributed by atoms with Crippen LogP contribution in [0.5, 0.6) is 0 Å². The van der Waals surface area contributed by atoms with Gasteiger partial charge < -0.3 is 15.2 Å². The van der Waals surface area contributed by atoms with Gasteiger partial charge in [-0.3, -0.25) is 9.59 Å². The zero-order valence-corrected chi connectivity index (χ0v) is 14.4. The first-order chi connectivity index (χ1) is 12.1. The smallest absolute Gasteiger partial charge is 0.256 e. The maximum absolute atomic E-state index is 12.5. The molecule has 0 bridgehead atoms. The number of benzene rings is 2. The predicted molar refractivity (Wildman–Crippen MR) is 99.7 cm³/mol. The number of aromatic amines is 1. The molecule has 0 fully saturated rings. The lowest BCUT2D eigenvalue weighted by Gasteiger charge is -2.11. The molecule has 1 heterocycles. The molecular formula is C20H21N3O2. The van der Waals surface area contributed by atoms with E-state index in [9.17, 15) is 9.59 Å². The highest BCUT2D eigenvalue weighted by molar-refractivity contribution is 6.06. The number of para-hydroxylation sites is 1. The second kappa shape index (κ2) is 7.21. The van der Waals surface area contributed by atoms with Gasteiger partial charge in [-0.25, -0.2) is 0 Å². The van der Waals surface area contributed by atoms with Gasteiger partial charge in [-0.2, -0.15) is 0 Å². The Kier molecular flexibility index (Phi) is 4.84. The third kappa shape index (κ3) is 3.71. The molecule has 5 heteroatoms. The average molecular weight is 335 g/mol. The lowest BCUT2D eigenvalue weighted by Crippen LogP contribution is -2.22. The Morgan fingerprint density at radius 1 is 1.00 bits per heavy atom. The molecule has 5 nitrogen and oxygen atoms in total. The van der Waals surface area contributed by atoms with Gasteiger partial charge >= 0.3 is 0 Å². The van der Waals surface area contributed by atoms with Crippen LogP contribution in [0.3, 0.4) is 0 Å². The SMILES string of the molecule is CN(C)C(=O)CCc1c(NC(=O)c2ccccc2)[nH]c2ccccc12. The van der Waals surface area contributed by atoms with E-state index >= 15 is 0 Å². The number of nitrogens with one attached hydrogen (secondary N) is 2. The number of fused-ring (bicyclic) bond motifs is 1. The molecule has 0 unspecified atom stereocenters. The van der Waals surface area contributed by atoms with Crippen LogP contribution in [-0.2, 0) is 11.2 Å². The standard InChI is InChI=1S/C20H21N3O2/c1-23(2)18(24)13-12-16-15-10-6-7-11-17(15)21-19(16)22-20(25)14-8-4-3-5-9-14/h3-11,21H,12-13H2,1-2H3,(H,22,25). The van der Waals surface area contributed by atoms with Gasteiger partial charge in [0.25, 0.3) is 5.91 Å². The van der Waals surface area contributed by atoms with Gasteiger partial charge in [0.2, 0.25) is 5.91 Å². The third-order valence-corrected chi connectivity index (χ3v) is 4.18. The van der Waals surface area contributed by atoms with Crippen molar-refractivity contribution in [1.82, 2.24) is 9.88 Å². The van der Waals surface area contributed by atoms with E-state index in [0.717, 1.165) is 16.5 Å². The van der Waals surface area contributed by atoms with E-state index in [0.29, 0.717) is 24.2 Å². The largest absolute Gasteiger partial charge is 0.349 e. The van der Waals surface area contributed by atoms with Crippen LogP contribution in [-0.4, -0.2) is 35.8 Å². The molecule has 0 saturated carbocycles. The van der Waals surface area contributed by atoms with Crippen LogP contribution in [0.2, 0.25) is 0 Å². The highest BCUT2D eigenvalue weighted by Gasteiger charge is 2.16. The Bertz CT molecular complexity index is 898. The van der Waals surface area contributed by atoms with Crippen molar-refractivity contribution in [2.24, 2.45) is 0 Å². The van der Waals surface area contributed by atoms with Crippen LogP contribution in [0.15, 0.2) is 54.6 Å². The summed E-state index contributed by atoms with van der Waals surface area (Å²) in [7, 11) is 3.49. The van der Waals surface area contributed by atoms with E-state index in [-0.39, 0.29) is 11.8 Å². The Morgan fingerprint density at radius 2 is 1.68 bits per heavy atom. The maximum atomic E-state index is 12.5. The second-order valence-electron chi connectivity index (χ2n) is 6.13. The molecule has 2 amide bonds. The number of rotatable bonds is 5. The van der Waals surface area contributed by atoms with Gasteiger partial charge in [0, 0.05) is 42.5 Å². The van der Waals surface area contributed by atoms with E-state index in [1.165, 1.54) is 0 Å². The van der Waals surface area contributed by atoms with Gasteiger partial charge in [-0.05, 0) is 24.6 Å². The van der Waals surface area contributed by atoms with Crippen molar-refractivity contribution >= 4 is 28.5 Å². The lowest BCUT2D eigenvalue weighted by atomic mass is 10.1. The lowest BCUT2D eigenvalue weighted by molar-refractivity contribution is -0.128. The molecule has 0 aliphatic carbocycles. The van der Waals surface area contributed by atoms with Crippen LogP contribution in [0.4, 0.5) is 5.82 Å². The Balaban J connectivity index is 1.90. The molecule has 0 aliphatic heterocycles. The molecule has 0 atom stereocenters. The topological polar surface area (TPSA) is 65.2 Å². The van der Waals surface area contributed by atoms with Crippen molar-refractivity contribution in [2.45, 2.75) is 12.8 Å². The van der Waals surface area contributed by atoms with Crippen LogP contribution in [0, 0.1) is 0 Å². The van der Waals surface area contributed by atoms with Crippen molar-refractivity contribution in [3.8, 4) is 0 Å². The number of carbonyl (C=O) groups is 2. The molecule has 0 radical (unpaired) electrons. The molecule has 0 aliphatic rings. The number of carbonyl (C=O) groups excluding carboxylic acids is 2. The minimum atomic E-state index is -0.174.